The number of halogens is 1. The second-order valence-electron chi connectivity index (χ2n) is 4.99. The van der Waals surface area contributed by atoms with E-state index in [4.69, 9.17) is 11.6 Å². The van der Waals surface area contributed by atoms with E-state index in [1.807, 2.05) is 17.5 Å². The summed E-state index contributed by atoms with van der Waals surface area (Å²) in [5.41, 5.74) is 1.85. The van der Waals surface area contributed by atoms with E-state index in [1.165, 1.54) is 23.5 Å². The van der Waals surface area contributed by atoms with Crippen LogP contribution in [0.2, 0.25) is 5.02 Å². The third kappa shape index (κ3) is 4.18. The average molecular weight is 380 g/mol. The average Bonchev–Trinajstić information content (AvgIpc) is 3.04. The van der Waals surface area contributed by atoms with Gasteiger partial charge in [0.1, 0.15) is 5.01 Å². The summed E-state index contributed by atoms with van der Waals surface area (Å²) in [5.74, 6) is 0. The molecule has 124 valence electrons. The van der Waals surface area contributed by atoms with Crippen molar-refractivity contribution in [2.75, 3.05) is 6.54 Å². The monoisotopic (exact) mass is 379 g/mol. The highest BCUT2D eigenvalue weighted by Crippen LogP contribution is 2.23. The van der Waals surface area contributed by atoms with Gasteiger partial charge in [0.2, 0.25) is 10.0 Å². The Morgan fingerprint density at radius 2 is 1.96 bits per heavy atom. The number of nitrogens with one attached hydrogen (secondary N) is 1. The Hall–Kier alpha value is -1.80. The minimum absolute atomic E-state index is 0.158. The van der Waals surface area contributed by atoms with Crippen LogP contribution in [-0.2, 0) is 16.4 Å². The molecule has 1 N–H and O–H groups in total. The smallest absolute Gasteiger partial charge is 0.240 e. The molecule has 5 nitrogen and oxygen atoms in total. The highest BCUT2D eigenvalue weighted by atomic mass is 35.5. The molecular weight excluding hydrogens is 366 g/mol. The summed E-state index contributed by atoms with van der Waals surface area (Å²) in [6.07, 6.45) is 3.95. The fraction of sp³-hybridized carbons (Fsp3) is 0.125. The number of rotatable bonds is 6. The van der Waals surface area contributed by atoms with Gasteiger partial charge < -0.3 is 0 Å². The lowest BCUT2D eigenvalue weighted by atomic mass is 10.3. The largest absolute Gasteiger partial charge is 0.265 e. The maximum absolute atomic E-state index is 12.2. The van der Waals surface area contributed by atoms with Crippen LogP contribution in [0, 0.1) is 0 Å². The Kier molecular flexibility index (Phi) is 5.25. The number of benzene rings is 1. The Labute approximate surface area is 149 Å². The molecule has 0 aliphatic rings. The summed E-state index contributed by atoms with van der Waals surface area (Å²) in [5, 5.41) is 3.22. The standard InChI is InChI=1S/C16H14ClN3O2S2/c17-13-2-1-3-15(10-13)24(21,22)19-9-6-14-11-23-16(20-14)12-4-7-18-8-5-12/h1-5,7-8,10-11,19H,6,9H2. The molecule has 0 saturated heterocycles. The molecule has 0 aliphatic carbocycles. The first-order valence-electron chi connectivity index (χ1n) is 7.15. The Morgan fingerprint density at radius 1 is 1.17 bits per heavy atom. The second-order valence-corrected chi connectivity index (χ2v) is 8.05. The molecule has 0 spiro atoms. The van der Waals surface area contributed by atoms with Gasteiger partial charge in [0, 0.05) is 41.3 Å². The molecule has 24 heavy (non-hydrogen) atoms. The zero-order valence-electron chi connectivity index (χ0n) is 12.5. The Balaban J connectivity index is 1.62. The summed E-state index contributed by atoms with van der Waals surface area (Å²) >= 11 is 7.36. The van der Waals surface area contributed by atoms with E-state index in [0.29, 0.717) is 11.4 Å². The molecule has 1 aromatic carbocycles. The van der Waals surface area contributed by atoms with Gasteiger partial charge in [-0.25, -0.2) is 18.1 Å². The van der Waals surface area contributed by atoms with Gasteiger partial charge >= 0.3 is 0 Å². The van der Waals surface area contributed by atoms with Crippen molar-refractivity contribution in [3.63, 3.8) is 0 Å². The Morgan fingerprint density at radius 3 is 2.71 bits per heavy atom. The van der Waals surface area contributed by atoms with E-state index >= 15 is 0 Å². The third-order valence-electron chi connectivity index (χ3n) is 3.26. The third-order valence-corrected chi connectivity index (χ3v) is 5.89. The van der Waals surface area contributed by atoms with Crippen molar-refractivity contribution in [2.45, 2.75) is 11.3 Å². The highest BCUT2D eigenvalue weighted by Gasteiger charge is 2.14. The summed E-state index contributed by atoms with van der Waals surface area (Å²) < 4.78 is 27.0. The van der Waals surface area contributed by atoms with Gasteiger partial charge in [-0.15, -0.1) is 11.3 Å². The number of hydrogen-bond acceptors (Lipinski definition) is 5. The summed E-state index contributed by atoms with van der Waals surface area (Å²) in [7, 11) is -3.57. The molecule has 0 saturated carbocycles. The molecule has 0 radical (unpaired) electrons. The molecular formula is C16H14ClN3O2S2. The Bertz CT molecular complexity index is 927. The second kappa shape index (κ2) is 7.40. The maximum atomic E-state index is 12.2. The quantitative estimate of drug-likeness (QED) is 0.712. The lowest BCUT2D eigenvalue weighted by molar-refractivity contribution is 0.581. The predicted molar refractivity (Wildman–Crippen MR) is 95.7 cm³/mol. The van der Waals surface area contributed by atoms with Crippen LogP contribution in [0.5, 0.6) is 0 Å². The molecule has 8 heteroatoms. The normalized spacial score (nSPS) is 11.5. The molecule has 0 fully saturated rings. The topological polar surface area (TPSA) is 72.0 Å². The van der Waals surface area contributed by atoms with E-state index in [1.54, 1.807) is 24.5 Å². The van der Waals surface area contributed by atoms with Crippen LogP contribution >= 0.6 is 22.9 Å². The molecule has 0 bridgehead atoms. The van der Waals surface area contributed by atoms with Crippen molar-refractivity contribution >= 4 is 33.0 Å². The fourth-order valence-electron chi connectivity index (χ4n) is 2.08. The van der Waals surface area contributed by atoms with Crippen LogP contribution in [0.3, 0.4) is 0 Å². The molecule has 3 aromatic rings. The van der Waals surface area contributed by atoms with Crippen molar-refractivity contribution in [1.29, 1.82) is 0 Å². The predicted octanol–water partition coefficient (Wildman–Crippen LogP) is 3.38. The van der Waals surface area contributed by atoms with E-state index < -0.39 is 10.0 Å². The minimum atomic E-state index is -3.57. The van der Waals surface area contributed by atoms with Crippen molar-refractivity contribution < 1.29 is 8.42 Å². The van der Waals surface area contributed by atoms with Crippen LogP contribution in [0.25, 0.3) is 10.6 Å². The van der Waals surface area contributed by atoms with Crippen molar-refractivity contribution in [1.82, 2.24) is 14.7 Å². The minimum Gasteiger partial charge on any atom is -0.265 e. The van der Waals surface area contributed by atoms with Gasteiger partial charge in [0.05, 0.1) is 10.6 Å². The SMILES string of the molecule is O=S(=O)(NCCc1csc(-c2ccncc2)n1)c1cccc(Cl)c1. The number of pyridine rings is 1. The van der Waals surface area contributed by atoms with Gasteiger partial charge in [-0.2, -0.15) is 0 Å². The first-order valence-corrected chi connectivity index (χ1v) is 9.89. The van der Waals surface area contributed by atoms with Gasteiger partial charge in [0.15, 0.2) is 0 Å². The first kappa shape index (κ1) is 17.0. The van der Waals surface area contributed by atoms with Crippen molar-refractivity contribution in [3.8, 4) is 10.6 Å². The summed E-state index contributed by atoms with van der Waals surface area (Å²) in [6, 6.07) is 9.97. The first-order chi connectivity index (χ1) is 11.5. The van der Waals surface area contributed by atoms with E-state index in [0.717, 1.165) is 16.3 Å². The molecule has 0 unspecified atom stereocenters. The lowest BCUT2D eigenvalue weighted by Crippen LogP contribution is -2.26. The zero-order valence-corrected chi connectivity index (χ0v) is 14.9. The fourth-order valence-corrected chi connectivity index (χ4v) is 4.27. The number of aromatic nitrogens is 2. The summed E-state index contributed by atoms with van der Waals surface area (Å²) in [6.45, 7) is 0.272. The molecule has 3 rings (SSSR count). The van der Waals surface area contributed by atoms with Crippen LogP contribution < -0.4 is 4.72 Å². The van der Waals surface area contributed by atoms with E-state index in [2.05, 4.69) is 14.7 Å². The number of sulfonamides is 1. The summed E-state index contributed by atoms with van der Waals surface area (Å²) in [4.78, 5) is 8.66. The highest BCUT2D eigenvalue weighted by molar-refractivity contribution is 7.89. The van der Waals surface area contributed by atoms with E-state index in [9.17, 15) is 8.42 Å². The van der Waals surface area contributed by atoms with Crippen molar-refractivity contribution in [2.24, 2.45) is 0 Å². The van der Waals surface area contributed by atoms with Crippen LogP contribution in [-0.4, -0.2) is 24.9 Å². The number of nitrogens with zero attached hydrogens (tertiary/aromatic N) is 2. The number of thiazole rings is 1. The van der Waals surface area contributed by atoms with Crippen molar-refractivity contribution in [3.05, 3.63) is 64.9 Å². The van der Waals surface area contributed by atoms with Gasteiger partial charge in [-0.3, -0.25) is 4.98 Å². The zero-order chi connectivity index (χ0) is 17.0. The van der Waals surface area contributed by atoms with Crippen LogP contribution in [0.1, 0.15) is 5.69 Å². The molecule has 0 aliphatic heterocycles. The van der Waals surface area contributed by atoms with Gasteiger partial charge in [-0.1, -0.05) is 17.7 Å². The van der Waals surface area contributed by atoms with Gasteiger partial charge in [0.25, 0.3) is 0 Å². The van der Waals surface area contributed by atoms with Crippen LogP contribution in [0.4, 0.5) is 0 Å². The number of hydrogen-bond donors (Lipinski definition) is 1. The molecule has 0 amide bonds. The van der Waals surface area contributed by atoms with Gasteiger partial charge in [-0.05, 0) is 30.3 Å². The van der Waals surface area contributed by atoms with E-state index in [-0.39, 0.29) is 11.4 Å². The molecule has 0 atom stereocenters. The van der Waals surface area contributed by atoms with Crippen LogP contribution in [0.15, 0.2) is 59.1 Å². The lowest BCUT2D eigenvalue weighted by Gasteiger charge is -2.06. The molecule has 2 aromatic heterocycles. The molecule has 2 heterocycles. The maximum Gasteiger partial charge on any atom is 0.240 e.